The van der Waals surface area contributed by atoms with Crippen molar-refractivity contribution in [3.05, 3.63) is 36.4 Å². The molecule has 0 radical (unpaired) electrons. The van der Waals surface area contributed by atoms with Gasteiger partial charge in [-0.3, -0.25) is 9.59 Å². The molecule has 2 aliphatic rings. The number of ether oxygens (including phenoxy) is 3. The van der Waals surface area contributed by atoms with E-state index in [0.29, 0.717) is 47.5 Å². The zero-order valence-electron chi connectivity index (χ0n) is 15.4. The highest BCUT2D eigenvalue weighted by Gasteiger charge is 2.35. The average Bonchev–Trinajstić information content (AvgIpc) is 3.11. The minimum absolute atomic E-state index is 0.115. The molecule has 0 bridgehead atoms. The number of hydrogen-bond acceptors (Lipinski definition) is 6. The largest absolute Gasteiger partial charge is 0.497 e. The molecule has 8 heteroatoms. The van der Waals surface area contributed by atoms with Gasteiger partial charge in [0.1, 0.15) is 19.0 Å². The van der Waals surface area contributed by atoms with Gasteiger partial charge in [-0.15, -0.1) is 0 Å². The number of nitrogens with zero attached hydrogens (tertiary/aromatic N) is 1. The van der Waals surface area contributed by atoms with Gasteiger partial charge < -0.3 is 30.2 Å². The fourth-order valence-corrected chi connectivity index (χ4v) is 3.34. The average molecular weight is 383 g/mol. The summed E-state index contributed by atoms with van der Waals surface area (Å²) < 4.78 is 16.3. The Balaban J connectivity index is 1.48. The van der Waals surface area contributed by atoms with Gasteiger partial charge in [0, 0.05) is 30.8 Å². The molecule has 2 heterocycles. The number of carbonyl (C=O) groups excluding carboxylic acids is 2. The second-order valence-corrected chi connectivity index (χ2v) is 6.68. The van der Waals surface area contributed by atoms with E-state index < -0.39 is 5.92 Å². The van der Waals surface area contributed by atoms with E-state index in [2.05, 4.69) is 5.32 Å². The maximum Gasteiger partial charge on any atom is 0.229 e. The Kier molecular flexibility index (Phi) is 4.68. The zero-order chi connectivity index (χ0) is 19.7. The van der Waals surface area contributed by atoms with Crippen molar-refractivity contribution in [2.75, 3.05) is 42.8 Å². The van der Waals surface area contributed by atoms with Crippen LogP contribution in [0.25, 0.3) is 0 Å². The lowest BCUT2D eigenvalue weighted by Gasteiger charge is -2.22. The van der Waals surface area contributed by atoms with Gasteiger partial charge in [-0.1, -0.05) is 0 Å². The molecule has 0 spiro atoms. The van der Waals surface area contributed by atoms with E-state index in [-0.39, 0.29) is 24.8 Å². The van der Waals surface area contributed by atoms with Gasteiger partial charge in [0.2, 0.25) is 11.8 Å². The van der Waals surface area contributed by atoms with Gasteiger partial charge in [0.15, 0.2) is 11.5 Å². The standard InChI is InChI=1S/C20H21N3O5/c1-26-14-3-4-15(21)16(10-14)22-20(25)12-8-19(24)23(11-12)13-2-5-17-18(9-13)28-7-6-27-17/h2-5,9-10,12H,6-8,11,21H2,1H3,(H,22,25). The van der Waals surface area contributed by atoms with Gasteiger partial charge in [0.25, 0.3) is 0 Å². The van der Waals surface area contributed by atoms with Crippen LogP contribution in [0.4, 0.5) is 17.1 Å². The molecule has 1 unspecified atom stereocenters. The molecule has 1 saturated heterocycles. The molecule has 4 rings (SSSR count). The molecule has 1 fully saturated rings. The fourth-order valence-electron chi connectivity index (χ4n) is 3.34. The van der Waals surface area contributed by atoms with Crippen molar-refractivity contribution in [3.8, 4) is 17.2 Å². The van der Waals surface area contributed by atoms with Crippen molar-refractivity contribution in [1.82, 2.24) is 0 Å². The van der Waals surface area contributed by atoms with Crippen molar-refractivity contribution >= 4 is 28.9 Å². The molecule has 0 aliphatic carbocycles. The van der Waals surface area contributed by atoms with Crippen LogP contribution in [0.2, 0.25) is 0 Å². The summed E-state index contributed by atoms with van der Waals surface area (Å²) in [5.74, 6) is 0.998. The predicted octanol–water partition coefficient (Wildman–Crippen LogP) is 2.04. The number of nitrogen functional groups attached to an aromatic ring is 1. The van der Waals surface area contributed by atoms with Crippen LogP contribution in [-0.4, -0.2) is 38.7 Å². The topological polar surface area (TPSA) is 103 Å². The first-order valence-corrected chi connectivity index (χ1v) is 8.99. The molecular formula is C20H21N3O5. The second-order valence-electron chi connectivity index (χ2n) is 6.68. The van der Waals surface area contributed by atoms with Gasteiger partial charge in [-0.2, -0.15) is 0 Å². The zero-order valence-corrected chi connectivity index (χ0v) is 15.4. The summed E-state index contributed by atoms with van der Waals surface area (Å²) >= 11 is 0. The van der Waals surface area contributed by atoms with Crippen molar-refractivity contribution in [2.45, 2.75) is 6.42 Å². The maximum atomic E-state index is 12.7. The molecule has 3 N–H and O–H groups in total. The number of amides is 2. The van der Waals surface area contributed by atoms with E-state index in [0.717, 1.165) is 0 Å². The Hall–Kier alpha value is -3.42. The smallest absolute Gasteiger partial charge is 0.229 e. The Labute approximate surface area is 162 Å². The minimum atomic E-state index is -0.480. The van der Waals surface area contributed by atoms with E-state index in [1.54, 1.807) is 41.3 Å². The summed E-state index contributed by atoms with van der Waals surface area (Å²) in [6.07, 6.45) is 0.129. The van der Waals surface area contributed by atoms with E-state index in [1.165, 1.54) is 7.11 Å². The molecular weight excluding hydrogens is 362 g/mol. The number of anilines is 3. The molecule has 2 aromatic rings. The number of nitrogens with one attached hydrogen (secondary N) is 1. The second kappa shape index (κ2) is 7.30. The van der Waals surface area contributed by atoms with Crippen molar-refractivity contribution < 1.29 is 23.8 Å². The first-order chi connectivity index (χ1) is 13.5. The summed E-state index contributed by atoms with van der Waals surface area (Å²) in [4.78, 5) is 26.8. The lowest BCUT2D eigenvalue weighted by atomic mass is 10.1. The van der Waals surface area contributed by atoms with E-state index >= 15 is 0 Å². The summed E-state index contributed by atoms with van der Waals surface area (Å²) in [6.45, 7) is 1.26. The monoisotopic (exact) mass is 383 g/mol. The van der Waals surface area contributed by atoms with Gasteiger partial charge in [-0.25, -0.2) is 0 Å². The highest BCUT2D eigenvalue weighted by atomic mass is 16.6. The molecule has 0 saturated carbocycles. The molecule has 146 valence electrons. The van der Waals surface area contributed by atoms with Crippen LogP contribution in [0.3, 0.4) is 0 Å². The molecule has 2 amide bonds. The van der Waals surface area contributed by atoms with Crippen LogP contribution < -0.4 is 30.2 Å². The number of hydrogen-bond donors (Lipinski definition) is 2. The summed E-state index contributed by atoms with van der Waals surface area (Å²) in [6, 6.07) is 10.4. The number of fused-ring (bicyclic) bond motifs is 1. The molecule has 2 aromatic carbocycles. The van der Waals surface area contributed by atoms with Gasteiger partial charge >= 0.3 is 0 Å². The summed E-state index contributed by atoms with van der Waals surface area (Å²) in [5, 5.41) is 2.80. The first kappa shape index (κ1) is 18.0. The van der Waals surface area contributed by atoms with Crippen LogP contribution in [0.15, 0.2) is 36.4 Å². The molecule has 28 heavy (non-hydrogen) atoms. The quantitative estimate of drug-likeness (QED) is 0.783. The number of carbonyl (C=O) groups is 2. The third-order valence-electron chi connectivity index (χ3n) is 4.85. The van der Waals surface area contributed by atoms with Crippen LogP contribution in [0.1, 0.15) is 6.42 Å². The van der Waals surface area contributed by atoms with E-state index in [1.807, 2.05) is 0 Å². The lowest BCUT2D eigenvalue weighted by Crippen LogP contribution is -2.28. The summed E-state index contributed by atoms with van der Waals surface area (Å²) in [7, 11) is 1.54. The Morgan fingerprint density at radius 3 is 2.75 bits per heavy atom. The number of rotatable bonds is 4. The third-order valence-corrected chi connectivity index (χ3v) is 4.85. The van der Waals surface area contributed by atoms with Gasteiger partial charge in [-0.05, 0) is 24.3 Å². The Morgan fingerprint density at radius 1 is 1.18 bits per heavy atom. The van der Waals surface area contributed by atoms with Crippen molar-refractivity contribution in [3.63, 3.8) is 0 Å². The highest BCUT2D eigenvalue weighted by molar-refractivity contribution is 6.04. The molecule has 8 nitrogen and oxygen atoms in total. The third kappa shape index (κ3) is 3.40. The van der Waals surface area contributed by atoms with E-state index in [9.17, 15) is 9.59 Å². The van der Waals surface area contributed by atoms with Crippen LogP contribution in [-0.2, 0) is 9.59 Å². The number of methoxy groups -OCH3 is 1. The summed E-state index contributed by atoms with van der Waals surface area (Å²) in [5.41, 5.74) is 7.51. The van der Waals surface area contributed by atoms with Crippen LogP contribution >= 0.6 is 0 Å². The lowest BCUT2D eigenvalue weighted by molar-refractivity contribution is -0.122. The normalized spacial score (nSPS) is 18.1. The molecule has 2 aliphatic heterocycles. The van der Waals surface area contributed by atoms with Crippen molar-refractivity contribution in [2.24, 2.45) is 5.92 Å². The maximum absolute atomic E-state index is 12.7. The Bertz CT molecular complexity index is 930. The number of benzene rings is 2. The van der Waals surface area contributed by atoms with E-state index in [4.69, 9.17) is 19.9 Å². The molecule has 1 atom stereocenters. The fraction of sp³-hybridized carbons (Fsp3) is 0.300. The number of nitrogens with two attached hydrogens (primary N) is 1. The predicted molar refractivity (Wildman–Crippen MR) is 104 cm³/mol. The minimum Gasteiger partial charge on any atom is -0.497 e. The van der Waals surface area contributed by atoms with Crippen LogP contribution in [0.5, 0.6) is 17.2 Å². The van der Waals surface area contributed by atoms with Crippen LogP contribution in [0, 0.1) is 5.92 Å². The van der Waals surface area contributed by atoms with Gasteiger partial charge in [0.05, 0.1) is 24.4 Å². The first-order valence-electron chi connectivity index (χ1n) is 8.99. The highest BCUT2D eigenvalue weighted by Crippen LogP contribution is 2.36. The Morgan fingerprint density at radius 2 is 1.96 bits per heavy atom. The molecule has 0 aromatic heterocycles. The SMILES string of the molecule is COc1ccc(N)c(NC(=O)C2CC(=O)N(c3ccc4c(c3)OCCO4)C2)c1. The van der Waals surface area contributed by atoms with Crippen molar-refractivity contribution in [1.29, 1.82) is 0 Å².